The first-order valence-electron chi connectivity index (χ1n) is 9.14. The molecule has 0 saturated carbocycles. The van der Waals surface area contributed by atoms with Crippen LogP contribution in [0.15, 0.2) is 48.0 Å². The summed E-state index contributed by atoms with van der Waals surface area (Å²) in [5, 5.41) is 22.7. The van der Waals surface area contributed by atoms with E-state index in [2.05, 4.69) is 5.32 Å². The monoisotopic (exact) mass is 362 g/mol. The number of hydrogen-bond donors (Lipinski definition) is 2. The lowest BCUT2D eigenvalue weighted by molar-refractivity contribution is -0.117. The number of carbonyl (C=O) groups is 1. The molecule has 4 nitrogen and oxygen atoms in total. The summed E-state index contributed by atoms with van der Waals surface area (Å²) in [6, 6.07) is 15.2. The van der Waals surface area contributed by atoms with Crippen LogP contribution in [0.25, 0.3) is 6.08 Å². The molecule has 2 rings (SSSR count). The maximum absolute atomic E-state index is 12.4. The van der Waals surface area contributed by atoms with Crippen LogP contribution in [0.5, 0.6) is 5.75 Å². The number of nitriles is 1. The van der Waals surface area contributed by atoms with Gasteiger partial charge in [0, 0.05) is 6.54 Å². The fourth-order valence-corrected chi connectivity index (χ4v) is 2.86. The smallest absolute Gasteiger partial charge is 0.262 e. The second-order valence-electron chi connectivity index (χ2n) is 7.20. The lowest BCUT2D eigenvalue weighted by atomic mass is 9.91. The molecule has 27 heavy (non-hydrogen) atoms. The molecule has 2 N–H and O–H groups in total. The van der Waals surface area contributed by atoms with Crippen molar-refractivity contribution in [1.82, 2.24) is 5.32 Å². The summed E-state index contributed by atoms with van der Waals surface area (Å²) >= 11 is 0. The molecule has 2 aromatic carbocycles. The van der Waals surface area contributed by atoms with Crippen molar-refractivity contribution in [1.29, 1.82) is 5.26 Å². The molecular weight excluding hydrogens is 336 g/mol. The summed E-state index contributed by atoms with van der Waals surface area (Å²) < 4.78 is 0. The fourth-order valence-electron chi connectivity index (χ4n) is 2.86. The van der Waals surface area contributed by atoms with Gasteiger partial charge in [-0.25, -0.2) is 0 Å². The molecule has 0 fully saturated rings. The number of benzene rings is 2. The molecule has 2 aromatic rings. The Kier molecular flexibility index (Phi) is 6.79. The molecule has 0 aliphatic rings. The molecule has 0 radical (unpaired) electrons. The van der Waals surface area contributed by atoms with Crippen molar-refractivity contribution in [2.24, 2.45) is 0 Å². The molecule has 4 heteroatoms. The van der Waals surface area contributed by atoms with Gasteiger partial charge in [-0.3, -0.25) is 4.79 Å². The molecule has 0 heterocycles. The Balaban J connectivity index is 2.31. The lowest BCUT2D eigenvalue weighted by Gasteiger charge is -2.16. The molecule has 0 bridgehead atoms. The minimum atomic E-state index is -0.411. The number of phenolic OH excluding ortho intramolecular Hbond substituents is 1. The number of phenols is 1. The SMILES string of the molecule is CC(C)c1cc(/C=C(\C#N)C(=O)NCc2ccccc2)cc(C(C)C)c1O. The second kappa shape index (κ2) is 9.05. The van der Waals surface area contributed by atoms with Crippen LogP contribution >= 0.6 is 0 Å². The Morgan fingerprint density at radius 2 is 1.67 bits per heavy atom. The zero-order valence-corrected chi connectivity index (χ0v) is 16.3. The number of amides is 1. The third kappa shape index (κ3) is 5.21. The third-order valence-electron chi connectivity index (χ3n) is 4.41. The molecule has 0 unspecified atom stereocenters. The first kappa shape index (κ1) is 20.3. The van der Waals surface area contributed by atoms with E-state index in [0.29, 0.717) is 12.3 Å². The highest BCUT2D eigenvalue weighted by Gasteiger charge is 2.16. The number of nitrogens with zero attached hydrogens (tertiary/aromatic N) is 1. The molecule has 0 aromatic heterocycles. The molecule has 140 valence electrons. The van der Waals surface area contributed by atoms with Crippen molar-refractivity contribution < 1.29 is 9.90 Å². The largest absolute Gasteiger partial charge is 0.507 e. The molecule has 0 aliphatic carbocycles. The summed E-state index contributed by atoms with van der Waals surface area (Å²) in [5.74, 6) is 0.150. The minimum absolute atomic E-state index is 0.0426. The summed E-state index contributed by atoms with van der Waals surface area (Å²) in [5.41, 5.74) is 3.38. The third-order valence-corrected chi connectivity index (χ3v) is 4.41. The highest BCUT2D eigenvalue weighted by Crippen LogP contribution is 2.35. The zero-order valence-electron chi connectivity index (χ0n) is 16.3. The van der Waals surface area contributed by atoms with Crippen LogP contribution in [0.3, 0.4) is 0 Å². The maximum Gasteiger partial charge on any atom is 0.262 e. The zero-order chi connectivity index (χ0) is 20.0. The summed E-state index contributed by atoms with van der Waals surface area (Å²) in [4.78, 5) is 12.4. The van der Waals surface area contributed by atoms with Gasteiger partial charge in [0.05, 0.1) is 0 Å². The van der Waals surface area contributed by atoms with Crippen LogP contribution in [-0.4, -0.2) is 11.0 Å². The van der Waals surface area contributed by atoms with E-state index in [9.17, 15) is 15.2 Å². The Morgan fingerprint density at radius 1 is 1.11 bits per heavy atom. The number of carbonyl (C=O) groups excluding carboxylic acids is 1. The topological polar surface area (TPSA) is 73.1 Å². The van der Waals surface area contributed by atoms with E-state index >= 15 is 0 Å². The van der Waals surface area contributed by atoms with Crippen LogP contribution < -0.4 is 5.32 Å². The van der Waals surface area contributed by atoms with E-state index < -0.39 is 5.91 Å². The first-order valence-corrected chi connectivity index (χ1v) is 9.14. The van der Waals surface area contributed by atoms with Gasteiger partial charge >= 0.3 is 0 Å². The van der Waals surface area contributed by atoms with Gasteiger partial charge in [0.2, 0.25) is 0 Å². The molecule has 0 spiro atoms. The van der Waals surface area contributed by atoms with E-state index in [1.165, 1.54) is 0 Å². The van der Waals surface area contributed by atoms with Gasteiger partial charge in [-0.15, -0.1) is 0 Å². The second-order valence-corrected chi connectivity index (χ2v) is 7.20. The van der Waals surface area contributed by atoms with Gasteiger partial charge in [0.1, 0.15) is 17.4 Å². The van der Waals surface area contributed by atoms with Gasteiger partial charge < -0.3 is 10.4 Å². The van der Waals surface area contributed by atoms with E-state index in [-0.39, 0.29) is 17.4 Å². The molecule has 1 amide bonds. The Labute approximate surface area is 161 Å². The summed E-state index contributed by atoms with van der Waals surface area (Å²) in [6.45, 7) is 8.38. The number of nitrogens with one attached hydrogen (secondary N) is 1. The summed E-state index contributed by atoms with van der Waals surface area (Å²) in [6.07, 6.45) is 1.58. The van der Waals surface area contributed by atoms with Crippen LogP contribution in [0.1, 0.15) is 61.8 Å². The number of rotatable bonds is 6. The standard InChI is InChI=1S/C23H26N2O2/c1-15(2)20-11-18(12-21(16(3)4)22(20)26)10-19(13-24)23(27)25-14-17-8-6-5-7-9-17/h5-12,15-16,26H,14H2,1-4H3,(H,25,27)/b19-10+. The molecule has 0 saturated heterocycles. The Bertz CT molecular complexity index is 846. The van der Waals surface area contributed by atoms with E-state index in [1.54, 1.807) is 6.08 Å². The van der Waals surface area contributed by atoms with Gasteiger partial charge in [-0.2, -0.15) is 5.26 Å². The van der Waals surface area contributed by atoms with Gasteiger partial charge in [-0.05, 0) is 52.3 Å². The van der Waals surface area contributed by atoms with Gasteiger partial charge in [0.15, 0.2) is 0 Å². The van der Waals surface area contributed by atoms with E-state index in [0.717, 1.165) is 22.3 Å². The normalized spacial score (nSPS) is 11.5. The van der Waals surface area contributed by atoms with E-state index in [4.69, 9.17) is 0 Å². The highest BCUT2D eigenvalue weighted by molar-refractivity contribution is 6.01. The van der Waals surface area contributed by atoms with Gasteiger partial charge in [-0.1, -0.05) is 58.0 Å². The first-order chi connectivity index (χ1) is 12.8. The lowest BCUT2D eigenvalue weighted by Crippen LogP contribution is -2.23. The molecule has 0 aliphatic heterocycles. The average molecular weight is 362 g/mol. The maximum atomic E-state index is 12.4. The van der Waals surface area contributed by atoms with E-state index in [1.807, 2.05) is 76.2 Å². The molecule has 0 atom stereocenters. The Morgan fingerprint density at radius 3 is 2.15 bits per heavy atom. The predicted octanol–water partition coefficient (Wildman–Crippen LogP) is 4.86. The number of hydrogen-bond acceptors (Lipinski definition) is 3. The van der Waals surface area contributed by atoms with Crippen molar-refractivity contribution in [3.8, 4) is 11.8 Å². The van der Waals surface area contributed by atoms with Crippen molar-refractivity contribution >= 4 is 12.0 Å². The van der Waals surface area contributed by atoms with Crippen LogP contribution in [0.2, 0.25) is 0 Å². The Hall–Kier alpha value is -3.06. The minimum Gasteiger partial charge on any atom is -0.507 e. The number of aromatic hydroxyl groups is 1. The van der Waals surface area contributed by atoms with Gasteiger partial charge in [0.25, 0.3) is 5.91 Å². The average Bonchev–Trinajstić information content (AvgIpc) is 2.65. The van der Waals surface area contributed by atoms with Crippen molar-refractivity contribution in [3.63, 3.8) is 0 Å². The van der Waals surface area contributed by atoms with Crippen molar-refractivity contribution in [3.05, 3.63) is 70.3 Å². The highest BCUT2D eigenvalue weighted by atomic mass is 16.3. The van der Waals surface area contributed by atoms with Crippen LogP contribution in [0.4, 0.5) is 0 Å². The summed E-state index contributed by atoms with van der Waals surface area (Å²) in [7, 11) is 0. The van der Waals surface area contributed by atoms with Crippen molar-refractivity contribution in [2.45, 2.75) is 46.1 Å². The molecular formula is C23H26N2O2. The fraction of sp³-hybridized carbons (Fsp3) is 0.304. The predicted molar refractivity (Wildman–Crippen MR) is 108 cm³/mol. The van der Waals surface area contributed by atoms with Crippen LogP contribution in [0, 0.1) is 11.3 Å². The quantitative estimate of drug-likeness (QED) is 0.569. The van der Waals surface area contributed by atoms with Crippen LogP contribution in [-0.2, 0) is 11.3 Å². The van der Waals surface area contributed by atoms with Crippen molar-refractivity contribution in [2.75, 3.05) is 0 Å².